The molecule has 3 heterocycles. The van der Waals surface area contributed by atoms with Crippen LogP contribution in [0, 0.1) is 6.92 Å². The van der Waals surface area contributed by atoms with Gasteiger partial charge in [-0.05, 0) is 31.2 Å². The van der Waals surface area contributed by atoms with Crippen LogP contribution in [0.15, 0.2) is 79.3 Å². The van der Waals surface area contributed by atoms with Gasteiger partial charge in [0.15, 0.2) is 5.69 Å². The molecule has 1 N–H and O–H groups in total. The van der Waals surface area contributed by atoms with E-state index in [1.54, 1.807) is 28.0 Å². The predicted octanol–water partition coefficient (Wildman–Crippen LogP) is 3.56. The monoisotopic (exact) mass is 395 g/mol. The van der Waals surface area contributed by atoms with Crippen LogP contribution in [0.25, 0.3) is 22.3 Å². The summed E-state index contributed by atoms with van der Waals surface area (Å²) in [5.74, 6) is -0.348. The number of pyridine rings is 1. The van der Waals surface area contributed by atoms with Crippen LogP contribution < -0.4 is 5.32 Å². The standard InChI is InChI=1S/C22H17N7O/c1-15-20(22(30)25-17-13-24-28(14-17)18-9-3-2-4-10-18)26-27-29(15)19-11-5-7-16-8-6-12-23-21(16)19/h2-14H,1H3,(H,25,30). The quantitative estimate of drug-likeness (QED) is 0.502. The summed E-state index contributed by atoms with van der Waals surface area (Å²) in [5.41, 5.74) is 3.92. The van der Waals surface area contributed by atoms with E-state index in [4.69, 9.17) is 0 Å². The van der Waals surface area contributed by atoms with Gasteiger partial charge in [0.05, 0.1) is 40.7 Å². The Morgan fingerprint density at radius 1 is 1.00 bits per heavy atom. The molecule has 0 atom stereocenters. The molecule has 0 bridgehead atoms. The highest BCUT2D eigenvalue weighted by Gasteiger charge is 2.19. The topological polar surface area (TPSA) is 90.5 Å². The summed E-state index contributed by atoms with van der Waals surface area (Å²) in [4.78, 5) is 17.3. The lowest BCUT2D eigenvalue weighted by molar-refractivity contribution is 0.102. The molecule has 5 rings (SSSR count). The molecule has 0 radical (unpaired) electrons. The number of hydrogen-bond donors (Lipinski definition) is 1. The van der Waals surface area contributed by atoms with E-state index in [1.807, 2.05) is 67.6 Å². The Balaban J connectivity index is 1.43. The van der Waals surface area contributed by atoms with Crippen LogP contribution in [0.3, 0.4) is 0 Å². The molecule has 1 amide bonds. The van der Waals surface area contributed by atoms with Crippen LogP contribution in [0.4, 0.5) is 5.69 Å². The number of amides is 1. The zero-order valence-corrected chi connectivity index (χ0v) is 16.1. The third-order valence-corrected chi connectivity index (χ3v) is 4.81. The Morgan fingerprint density at radius 3 is 2.70 bits per heavy atom. The molecule has 0 spiro atoms. The van der Waals surface area contributed by atoms with E-state index < -0.39 is 0 Å². The number of hydrogen-bond acceptors (Lipinski definition) is 5. The van der Waals surface area contributed by atoms with Gasteiger partial charge in [-0.15, -0.1) is 5.10 Å². The summed E-state index contributed by atoms with van der Waals surface area (Å²) in [7, 11) is 0. The fraction of sp³-hybridized carbons (Fsp3) is 0.0455. The van der Waals surface area contributed by atoms with Gasteiger partial charge in [-0.3, -0.25) is 9.78 Å². The summed E-state index contributed by atoms with van der Waals surface area (Å²) in [6.45, 7) is 1.81. The summed E-state index contributed by atoms with van der Waals surface area (Å²) in [6.07, 6.45) is 5.08. The van der Waals surface area contributed by atoms with Gasteiger partial charge in [0, 0.05) is 11.6 Å². The second-order valence-electron chi connectivity index (χ2n) is 6.75. The molecule has 8 heteroatoms. The van der Waals surface area contributed by atoms with Gasteiger partial charge in [-0.2, -0.15) is 5.10 Å². The summed E-state index contributed by atoms with van der Waals surface area (Å²) < 4.78 is 3.33. The highest BCUT2D eigenvalue weighted by Crippen LogP contribution is 2.21. The Kier molecular flexibility index (Phi) is 4.29. The third-order valence-electron chi connectivity index (χ3n) is 4.81. The highest BCUT2D eigenvalue weighted by molar-refractivity contribution is 6.03. The molecule has 30 heavy (non-hydrogen) atoms. The fourth-order valence-electron chi connectivity index (χ4n) is 3.33. The first kappa shape index (κ1) is 17.7. The number of rotatable bonds is 4. The molecular formula is C22H17N7O. The predicted molar refractivity (Wildman–Crippen MR) is 113 cm³/mol. The third kappa shape index (κ3) is 3.10. The maximum absolute atomic E-state index is 12.8. The van der Waals surface area contributed by atoms with E-state index >= 15 is 0 Å². The van der Waals surface area contributed by atoms with Crippen LogP contribution in [-0.2, 0) is 0 Å². The maximum atomic E-state index is 12.8. The molecule has 0 saturated carbocycles. The summed E-state index contributed by atoms with van der Waals surface area (Å²) >= 11 is 0. The van der Waals surface area contributed by atoms with Crippen molar-refractivity contribution < 1.29 is 4.79 Å². The lowest BCUT2D eigenvalue weighted by Crippen LogP contribution is -2.14. The minimum atomic E-state index is -0.348. The molecule has 0 unspecified atom stereocenters. The molecule has 2 aromatic carbocycles. The normalized spacial score (nSPS) is 11.0. The fourth-order valence-corrected chi connectivity index (χ4v) is 3.33. The number of nitrogens with one attached hydrogen (secondary N) is 1. The van der Waals surface area contributed by atoms with Crippen LogP contribution in [0.2, 0.25) is 0 Å². The van der Waals surface area contributed by atoms with E-state index in [-0.39, 0.29) is 11.6 Å². The summed E-state index contributed by atoms with van der Waals surface area (Å²) in [6, 6.07) is 19.4. The number of anilines is 1. The molecule has 3 aromatic heterocycles. The maximum Gasteiger partial charge on any atom is 0.278 e. The first-order chi connectivity index (χ1) is 14.7. The zero-order chi connectivity index (χ0) is 20.5. The van der Waals surface area contributed by atoms with Crippen molar-refractivity contribution in [3.63, 3.8) is 0 Å². The number of para-hydroxylation sites is 2. The molecule has 5 aromatic rings. The first-order valence-electron chi connectivity index (χ1n) is 9.38. The molecule has 0 saturated heterocycles. The Bertz CT molecular complexity index is 1350. The van der Waals surface area contributed by atoms with Gasteiger partial charge in [0.1, 0.15) is 0 Å². The second kappa shape index (κ2) is 7.25. The zero-order valence-electron chi connectivity index (χ0n) is 16.1. The van der Waals surface area contributed by atoms with E-state index in [1.165, 1.54) is 0 Å². The molecule has 0 aliphatic rings. The van der Waals surface area contributed by atoms with Crippen LogP contribution >= 0.6 is 0 Å². The van der Waals surface area contributed by atoms with Gasteiger partial charge in [-0.1, -0.05) is 41.6 Å². The molecule has 0 fully saturated rings. The lowest BCUT2D eigenvalue weighted by Gasteiger charge is -2.07. The van der Waals surface area contributed by atoms with Crippen molar-refractivity contribution in [2.75, 3.05) is 5.32 Å². The van der Waals surface area contributed by atoms with Gasteiger partial charge in [-0.25, -0.2) is 9.36 Å². The highest BCUT2D eigenvalue weighted by atomic mass is 16.2. The van der Waals surface area contributed by atoms with Crippen LogP contribution in [0.1, 0.15) is 16.2 Å². The number of aromatic nitrogens is 6. The number of fused-ring (bicyclic) bond motifs is 1. The average Bonchev–Trinajstić information content (AvgIpc) is 3.40. The van der Waals surface area contributed by atoms with Gasteiger partial charge in [0.25, 0.3) is 5.91 Å². The minimum absolute atomic E-state index is 0.246. The first-order valence-corrected chi connectivity index (χ1v) is 9.38. The number of nitrogens with zero attached hydrogens (tertiary/aromatic N) is 6. The Hall–Kier alpha value is -4.33. The smallest absolute Gasteiger partial charge is 0.278 e. The van der Waals surface area contributed by atoms with E-state index in [9.17, 15) is 4.79 Å². The van der Waals surface area contributed by atoms with Gasteiger partial charge < -0.3 is 5.32 Å². The number of carbonyl (C=O) groups is 1. The van der Waals surface area contributed by atoms with Crippen molar-refractivity contribution in [2.24, 2.45) is 0 Å². The second-order valence-corrected chi connectivity index (χ2v) is 6.75. The Labute approximate surface area is 171 Å². The van der Waals surface area contributed by atoms with Crippen LogP contribution in [-0.4, -0.2) is 35.7 Å². The van der Waals surface area contributed by atoms with E-state index in [0.29, 0.717) is 11.4 Å². The average molecular weight is 395 g/mol. The minimum Gasteiger partial charge on any atom is -0.318 e. The summed E-state index contributed by atoms with van der Waals surface area (Å²) in [5, 5.41) is 16.4. The SMILES string of the molecule is Cc1c(C(=O)Nc2cnn(-c3ccccc3)c2)nnn1-c1cccc2cccnc12. The van der Waals surface area contributed by atoms with Crippen molar-refractivity contribution in [1.82, 2.24) is 29.8 Å². The molecule has 0 aliphatic heterocycles. The molecular weight excluding hydrogens is 378 g/mol. The Morgan fingerprint density at radius 2 is 1.83 bits per heavy atom. The molecule has 0 aliphatic carbocycles. The molecule has 146 valence electrons. The van der Waals surface area contributed by atoms with E-state index in [0.717, 1.165) is 22.3 Å². The van der Waals surface area contributed by atoms with Gasteiger partial charge >= 0.3 is 0 Å². The lowest BCUT2D eigenvalue weighted by atomic mass is 10.2. The van der Waals surface area contributed by atoms with Crippen molar-refractivity contribution in [3.05, 3.63) is 90.6 Å². The van der Waals surface area contributed by atoms with Gasteiger partial charge in [0.2, 0.25) is 0 Å². The van der Waals surface area contributed by atoms with Crippen molar-refractivity contribution in [2.45, 2.75) is 6.92 Å². The van der Waals surface area contributed by atoms with Crippen molar-refractivity contribution in [1.29, 1.82) is 0 Å². The van der Waals surface area contributed by atoms with E-state index in [2.05, 4.69) is 25.7 Å². The van der Waals surface area contributed by atoms with Crippen molar-refractivity contribution in [3.8, 4) is 11.4 Å². The van der Waals surface area contributed by atoms with Crippen LogP contribution in [0.5, 0.6) is 0 Å². The number of carbonyl (C=O) groups excluding carboxylic acids is 1. The number of benzene rings is 2. The van der Waals surface area contributed by atoms with Crippen molar-refractivity contribution >= 4 is 22.5 Å². The molecule has 8 nitrogen and oxygen atoms in total. The largest absolute Gasteiger partial charge is 0.318 e.